The highest BCUT2D eigenvalue weighted by Gasteiger charge is 2.14. The summed E-state index contributed by atoms with van der Waals surface area (Å²) in [5.74, 6) is 0.464. The Kier molecular flexibility index (Phi) is 5.39. The van der Waals surface area contributed by atoms with Crippen LogP contribution in [0.5, 0.6) is 0 Å². The van der Waals surface area contributed by atoms with E-state index in [9.17, 15) is 4.79 Å². The highest BCUT2D eigenvalue weighted by molar-refractivity contribution is 5.83. The van der Waals surface area contributed by atoms with Gasteiger partial charge in [-0.2, -0.15) is 0 Å². The van der Waals surface area contributed by atoms with Gasteiger partial charge < -0.3 is 16.0 Å². The molecule has 2 rings (SSSR count). The second-order valence-corrected chi connectivity index (χ2v) is 5.87. The molecule has 1 heterocycles. The molecule has 114 valence electrons. The molecule has 0 aliphatic carbocycles. The van der Waals surface area contributed by atoms with Gasteiger partial charge >= 0.3 is 0 Å². The Morgan fingerprint density at radius 1 is 1.33 bits per heavy atom. The molecule has 21 heavy (non-hydrogen) atoms. The molecule has 0 aliphatic heterocycles. The van der Waals surface area contributed by atoms with Crippen LogP contribution in [-0.2, 0) is 11.2 Å². The molecule has 0 fully saturated rings. The van der Waals surface area contributed by atoms with Crippen molar-refractivity contribution < 1.29 is 4.79 Å². The molecule has 4 heteroatoms. The number of hydrogen-bond acceptors (Lipinski definition) is 2. The fraction of sp³-hybridized carbons (Fsp3) is 0.471. The fourth-order valence-corrected chi connectivity index (χ4v) is 2.55. The fourth-order valence-electron chi connectivity index (χ4n) is 2.55. The summed E-state index contributed by atoms with van der Waals surface area (Å²) in [6.45, 7) is 4.64. The van der Waals surface area contributed by atoms with E-state index in [-0.39, 0.29) is 11.9 Å². The number of hydrogen-bond donors (Lipinski definition) is 3. The summed E-state index contributed by atoms with van der Waals surface area (Å²) < 4.78 is 0. The van der Waals surface area contributed by atoms with Gasteiger partial charge in [0, 0.05) is 36.1 Å². The zero-order chi connectivity index (χ0) is 15.2. The number of H-pyrrole nitrogens is 1. The maximum atomic E-state index is 11.9. The molecule has 0 spiro atoms. The largest absolute Gasteiger partial charge is 0.361 e. The minimum Gasteiger partial charge on any atom is -0.361 e. The predicted octanol–water partition coefficient (Wildman–Crippen LogP) is 2.59. The van der Waals surface area contributed by atoms with E-state index in [1.54, 1.807) is 0 Å². The quantitative estimate of drug-likeness (QED) is 0.732. The Balaban J connectivity index is 1.83. The van der Waals surface area contributed by atoms with Crippen molar-refractivity contribution in [2.45, 2.75) is 39.2 Å². The highest BCUT2D eigenvalue weighted by atomic mass is 16.1. The van der Waals surface area contributed by atoms with E-state index in [0.29, 0.717) is 18.9 Å². The van der Waals surface area contributed by atoms with Gasteiger partial charge in [-0.3, -0.25) is 4.79 Å². The molecule has 1 unspecified atom stereocenters. The molecule has 0 radical (unpaired) electrons. The Hall–Kier alpha value is -1.81. The minimum absolute atomic E-state index is 0.0746. The molecule has 4 N–H and O–H groups in total. The van der Waals surface area contributed by atoms with Crippen LogP contribution in [0.25, 0.3) is 10.9 Å². The van der Waals surface area contributed by atoms with Crippen LogP contribution in [0.1, 0.15) is 32.3 Å². The maximum absolute atomic E-state index is 11.9. The number of carbonyl (C=O) groups is 1. The topological polar surface area (TPSA) is 70.9 Å². The number of amides is 1. The van der Waals surface area contributed by atoms with Crippen molar-refractivity contribution in [3.8, 4) is 0 Å². The molecule has 0 saturated carbocycles. The summed E-state index contributed by atoms with van der Waals surface area (Å²) in [5.41, 5.74) is 8.10. The Labute approximate surface area is 126 Å². The number of rotatable bonds is 7. The number of benzene rings is 1. The van der Waals surface area contributed by atoms with E-state index in [0.717, 1.165) is 18.4 Å². The number of aromatic amines is 1. The molecular formula is C17H25N3O. The third kappa shape index (κ3) is 4.08. The van der Waals surface area contributed by atoms with Crippen LogP contribution in [0.4, 0.5) is 0 Å². The van der Waals surface area contributed by atoms with Crippen LogP contribution in [0, 0.1) is 5.92 Å². The Morgan fingerprint density at radius 3 is 2.81 bits per heavy atom. The summed E-state index contributed by atoms with van der Waals surface area (Å²) in [7, 11) is 0. The van der Waals surface area contributed by atoms with Gasteiger partial charge in [0.15, 0.2) is 0 Å². The maximum Gasteiger partial charge on any atom is 0.220 e. The molecular weight excluding hydrogens is 262 g/mol. The SMILES string of the molecule is CC(C)C(CN)NC(=O)CCCc1c[nH]c2ccccc12. The number of para-hydroxylation sites is 1. The van der Waals surface area contributed by atoms with Gasteiger partial charge in [0.1, 0.15) is 0 Å². The lowest BCUT2D eigenvalue weighted by atomic mass is 10.0. The number of aromatic nitrogens is 1. The summed E-state index contributed by atoms with van der Waals surface area (Å²) in [6, 6.07) is 8.32. The van der Waals surface area contributed by atoms with Gasteiger partial charge in [0.2, 0.25) is 5.91 Å². The first-order chi connectivity index (χ1) is 10.1. The second kappa shape index (κ2) is 7.27. The average molecular weight is 287 g/mol. The molecule has 0 aliphatic rings. The van der Waals surface area contributed by atoms with Crippen molar-refractivity contribution >= 4 is 16.8 Å². The minimum atomic E-state index is 0.0746. The summed E-state index contributed by atoms with van der Waals surface area (Å²) in [4.78, 5) is 15.2. The van der Waals surface area contributed by atoms with Crippen LogP contribution in [-0.4, -0.2) is 23.5 Å². The average Bonchev–Trinajstić information content (AvgIpc) is 2.88. The van der Waals surface area contributed by atoms with Crippen LogP contribution in [0.3, 0.4) is 0 Å². The van der Waals surface area contributed by atoms with E-state index >= 15 is 0 Å². The number of aryl methyl sites for hydroxylation is 1. The van der Waals surface area contributed by atoms with E-state index in [2.05, 4.69) is 36.3 Å². The van der Waals surface area contributed by atoms with Crippen molar-refractivity contribution in [2.24, 2.45) is 11.7 Å². The predicted molar refractivity (Wildman–Crippen MR) is 87.1 cm³/mol. The third-order valence-electron chi connectivity index (χ3n) is 3.93. The van der Waals surface area contributed by atoms with Crippen LogP contribution in [0.2, 0.25) is 0 Å². The lowest BCUT2D eigenvalue weighted by molar-refractivity contribution is -0.122. The highest BCUT2D eigenvalue weighted by Crippen LogP contribution is 2.19. The molecule has 1 aromatic heterocycles. The summed E-state index contributed by atoms with van der Waals surface area (Å²) in [6.07, 6.45) is 4.34. The van der Waals surface area contributed by atoms with Crippen molar-refractivity contribution in [1.29, 1.82) is 0 Å². The Morgan fingerprint density at radius 2 is 2.10 bits per heavy atom. The van der Waals surface area contributed by atoms with Gasteiger partial charge in [0.25, 0.3) is 0 Å². The zero-order valence-corrected chi connectivity index (χ0v) is 12.9. The first-order valence-electron chi connectivity index (χ1n) is 7.66. The van der Waals surface area contributed by atoms with Crippen LogP contribution < -0.4 is 11.1 Å². The van der Waals surface area contributed by atoms with E-state index in [1.165, 1.54) is 10.9 Å². The van der Waals surface area contributed by atoms with Crippen molar-refractivity contribution in [1.82, 2.24) is 10.3 Å². The second-order valence-electron chi connectivity index (χ2n) is 5.87. The number of nitrogens with two attached hydrogens (primary N) is 1. The monoisotopic (exact) mass is 287 g/mol. The lowest BCUT2D eigenvalue weighted by Crippen LogP contribution is -2.43. The van der Waals surface area contributed by atoms with Crippen LogP contribution >= 0.6 is 0 Å². The number of nitrogens with one attached hydrogen (secondary N) is 2. The van der Waals surface area contributed by atoms with Gasteiger partial charge in [-0.25, -0.2) is 0 Å². The van der Waals surface area contributed by atoms with Gasteiger partial charge in [-0.05, 0) is 30.4 Å². The molecule has 1 amide bonds. The third-order valence-corrected chi connectivity index (χ3v) is 3.93. The Bertz CT molecular complexity index is 588. The molecule has 0 saturated heterocycles. The lowest BCUT2D eigenvalue weighted by Gasteiger charge is -2.20. The van der Waals surface area contributed by atoms with Crippen molar-refractivity contribution in [2.75, 3.05) is 6.54 Å². The van der Waals surface area contributed by atoms with Crippen molar-refractivity contribution in [3.63, 3.8) is 0 Å². The first-order valence-corrected chi connectivity index (χ1v) is 7.66. The van der Waals surface area contributed by atoms with E-state index < -0.39 is 0 Å². The first kappa shape index (κ1) is 15.6. The number of fused-ring (bicyclic) bond motifs is 1. The molecule has 4 nitrogen and oxygen atoms in total. The summed E-state index contributed by atoms with van der Waals surface area (Å²) >= 11 is 0. The smallest absolute Gasteiger partial charge is 0.220 e. The molecule has 2 aromatic rings. The molecule has 1 aromatic carbocycles. The van der Waals surface area contributed by atoms with E-state index in [1.807, 2.05) is 18.3 Å². The number of carbonyl (C=O) groups excluding carboxylic acids is 1. The molecule has 0 bridgehead atoms. The summed E-state index contributed by atoms with van der Waals surface area (Å²) in [5, 5.41) is 4.26. The van der Waals surface area contributed by atoms with Gasteiger partial charge in [0.05, 0.1) is 0 Å². The van der Waals surface area contributed by atoms with Gasteiger partial charge in [-0.1, -0.05) is 32.0 Å². The van der Waals surface area contributed by atoms with Crippen molar-refractivity contribution in [3.05, 3.63) is 36.0 Å². The standard InChI is InChI=1S/C17H25N3O/c1-12(2)16(10-18)20-17(21)9-5-6-13-11-19-15-8-4-3-7-14(13)15/h3-4,7-8,11-12,16,19H,5-6,9-10,18H2,1-2H3,(H,20,21). The van der Waals surface area contributed by atoms with Gasteiger partial charge in [-0.15, -0.1) is 0 Å². The van der Waals surface area contributed by atoms with E-state index in [4.69, 9.17) is 5.73 Å². The molecule has 1 atom stereocenters. The van der Waals surface area contributed by atoms with Crippen LogP contribution in [0.15, 0.2) is 30.5 Å². The zero-order valence-electron chi connectivity index (χ0n) is 12.9. The normalized spacial score (nSPS) is 12.8.